The van der Waals surface area contributed by atoms with Crippen LogP contribution in [0.1, 0.15) is 11.6 Å². The van der Waals surface area contributed by atoms with E-state index in [4.69, 9.17) is 11.6 Å². The van der Waals surface area contributed by atoms with Crippen LogP contribution in [0.5, 0.6) is 0 Å². The van der Waals surface area contributed by atoms with Crippen LogP contribution in [0.4, 0.5) is 17.1 Å². The molecule has 0 saturated heterocycles. The van der Waals surface area contributed by atoms with Gasteiger partial charge in [-0.1, -0.05) is 60.1 Å². The van der Waals surface area contributed by atoms with Gasteiger partial charge in [-0.15, -0.1) is 0 Å². The van der Waals surface area contributed by atoms with Crippen LogP contribution in [0.2, 0.25) is 5.02 Å². The van der Waals surface area contributed by atoms with Gasteiger partial charge in [-0.25, -0.2) is 0 Å². The molecule has 0 radical (unpaired) electrons. The number of non-ortho nitro benzene ring substituents is 1. The normalized spacial score (nSPS) is 11.4. The summed E-state index contributed by atoms with van der Waals surface area (Å²) in [5.41, 5.74) is 1.73. The summed E-state index contributed by atoms with van der Waals surface area (Å²) in [6.07, 6.45) is 0. The number of nitrogens with one attached hydrogen (secondary N) is 2. The van der Waals surface area contributed by atoms with Crippen LogP contribution >= 0.6 is 11.6 Å². The molecule has 0 saturated carbocycles. The lowest BCUT2D eigenvalue weighted by molar-refractivity contribution is -0.384. The Morgan fingerprint density at radius 1 is 0.963 bits per heavy atom. The highest BCUT2D eigenvalue weighted by Crippen LogP contribution is 2.28. The average Bonchev–Trinajstić information content (AvgIpc) is 2.69. The van der Waals surface area contributed by atoms with Crippen molar-refractivity contribution in [3.8, 4) is 0 Å². The van der Waals surface area contributed by atoms with E-state index < -0.39 is 11.0 Å². The largest absolute Gasteiger partial charge is 0.370 e. The summed E-state index contributed by atoms with van der Waals surface area (Å²) >= 11 is 6.09. The molecule has 0 spiro atoms. The summed E-state index contributed by atoms with van der Waals surface area (Å²) in [7, 11) is 0. The van der Waals surface area contributed by atoms with Gasteiger partial charge >= 0.3 is 0 Å². The summed E-state index contributed by atoms with van der Waals surface area (Å²) < 4.78 is 0. The molecule has 0 heterocycles. The molecule has 3 aromatic carbocycles. The second-order valence-electron chi connectivity index (χ2n) is 5.76. The van der Waals surface area contributed by atoms with Crippen LogP contribution in [0, 0.1) is 10.1 Å². The van der Waals surface area contributed by atoms with Crippen molar-refractivity contribution in [3.63, 3.8) is 0 Å². The van der Waals surface area contributed by atoms with E-state index in [1.807, 2.05) is 60.7 Å². The number of hydrogen-bond donors (Lipinski definition) is 2. The number of amides is 1. The van der Waals surface area contributed by atoms with Gasteiger partial charge in [0, 0.05) is 17.8 Å². The van der Waals surface area contributed by atoms with E-state index >= 15 is 0 Å². The number of anilines is 2. The van der Waals surface area contributed by atoms with Gasteiger partial charge in [0.15, 0.2) is 0 Å². The highest BCUT2D eigenvalue weighted by molar-refractivity contribution is 6.34. The maximum Gasteiger partial charge on any atom is 0.271 e. The van der Waals surface area contributed by atoms with Gasteiger partial charge in [0.1, 0.15) is 6.04 Å². The van der Waals surface area contributed by atoms with Gasteiger partial charge in [-0.05, 0) is 23.8 Å². The molecule has 0 aliphatic rings. The molecular formula is C20H16ClN3O3. The number of halogens is 1. The van der Waals surface area contributed by atoms with Crippen molar-refractivity contribution >= 4 is 34.6 Å². The Kier molecular flexibility index (Phi) is 5.68. The highest BCUT2D eigenvalue weighted by Gasteiger charge is 2.22. The molecule has 6 nitrogen and oxygen atoms in total. The van der Waals surface area contributed by atoms with Crippen molar-refractivity contribution in [1.29, 1.82) is 0 Å². The molecule has 0 aromatic heterocycles. The van der Waals surface area contributed by atoms with Crippen molar-refractivity contribution < 1.29 is 9.72 Å². The Labute approximate surface area is 160 Å². The number of benzene rings is 3. The Morgan fingerprint density at radius 3 is 2.19 bits per heavy atom. The Bertz CT molecular complexity index is 949. The monoisotopic (exact) mass is 381 g/mol. The quantitative estimate of drug-likeness (QED) is 0.462. The van der Waals surface area contributed by atoms with E-state index in [-0.39, 0.29) is 16.6 Å². The molecule has 1 amide bonds. The lowest BCUT2D eigenvalue weighted by atomic mass is 10.1. The van der Waals surface area contributed by atoms with E-state index in [1.54, 1.807) is 0 Å². The van der Waals surface area contributed by atoms with Crippen LogP contribution in [-0.2, 0) is 4.79 Å². The summed E-state index contributed by atoms with van der Waals surface area (Å²) in [6, 6.07) is 21.9. The molecule has 27 heavy (non-hydrogen) atoms. The van der Waals surface area contributed by atoms with Crippen molar-refractivity contribution in [2.45, 2.75) is 6.04 Å². The molecule has 136 valence electrons. The fourth-order valence-electron chi connectivity index (χ4n) is 2.57. The standard InChI is InChI=1S/C20H16ClN3O3/c21-17-13-16(24(26)27)11-12-18(17)23-20(25)19(14-7-3-1-4-8-14)22-15-9-5-2-6-10-15/h1-13,19,22H,(H,23,25). The van der Waals surface area contributed by atoms with Crippen molar-refractivity contribution in [3.05, 3.63) is 99.6 Å². The summed E-state index contributed by atoms with van der Waals surface area (Å²) in [4.78, 5) is 23.2. The van der Waals surface area contributed by atoms with Gasteiger partial charge < -0.3 is 10.6 Å². The van der Waals surface area contributed by atoms with E-state index in [0.717, 1.165) is 11.3 Å². The van der Waals surface area contributed by atoms with E-state index in [0.29, 0.717) is 5.69 Å². The van der Waals surface area contributed by atoms with Crippen LogP contribution < -0.4 is 10.6 Å². The van der Waals surface area contributed by atoms with Crippen molar-refractivity contribution in [2.24, 2.45) is 0 Å². The molecule has 3 rings (SSSR count). The van der Waals surface area contributed by atoms with Gasteiger partial charge in [0.25, 0.3) is 11.6 Å². The highest BCUT2D eigenvalue weighted by atomic mass is 35.5. The summed E-state index contributed by atoms with van der Waals surface area (Å²) in [5.74, 6) is -0.333. The third-order valence-corrected chi connectivity index (χ3v) is 4.21. The molecule has 1 atom stereocenters. The lowest BCUT2D eigenvalue weighted by Gasteiger charge is -2.20. The third kappa shape index (κ3) is 4.62. The first-order valence-electron chi connectivity index (χ1n) is 8.16. The Balaban J connectivity index is 1.86. The van der Waals surface area contributed by atoms with Gasteiger partial charge in [-0.2, -0.15) is 0 Å². The summed E-state index contributed by atoms with van der Waals surface area (Å²) in [5, 5.41) is 16.9. The second-order valence-corrected chi connectivity index (χ2v) is 6.17. The predicted molar refractivity (Wildman–Crippen MR) is 106 cm³/mol. The predicted octanol–water partition coefficient (Wildman–Crippen LogP) is 5.04. The van der Waals surface area contributed by atoms with Crippen LogP contribution in [0.15, 0.2) is 78.9 Å². The number of nitrogens with zero attached hydrogens (tertiary/aromatic N) is 1. The van der Waals surface area contributed by atoms with Gasteiger partial charge in [0.2, 0.25) is 0 Å². The SMILES string of the molecule is O=C(Nc1ccc([N+](=O)[O-])cc1Cl)C(Nc1ccccc1)c1ccccc1. The molecule has 0 aliphatic heterocycles. The molecule has 1 unspecified atom stereocenters. The topological polar surface area (TPSA) is 84.3 Å². The number of para-hydroxylation sites is 1. The number of carbonyl (C=O) groups excluding carboxylic acids is 1. The molecule has 0 fully saturated rings. The molecule has 2 N–H and O–H groups in total. The number of nitro benzene ring substituents is 1. The Hall–Kier alpha value is -3.38. The van der Waals surface area contributed by atoms with Gasteiger partial charge in [0.05, 0.1) is 15.6 Å². The summed E-state index contributed by atoms with van der Waals surface area (Å²) in [6.45, 7) is 0. The minimum Gasteiger partial charge on any atom is -0.370 e. The maximum atomic E-state index is 12.9. The fourth-order valence-corrected chi connectivity index (χ4v) is 2.79. The zero-order valence-corrected chi connectivity index (χ0v) is 14.9. The number of hydrogen-bond acceptors (Lipinski definition) is 4. The lowest BCUT2D eigenvalue weighted by Crippen LogP contribution is -2.27. The first-order valence-corrected chi connectivity index (χ1v) is 8.54. The molecule has 7 heteroatoms. The first-order chi connectivity index (χ1) is 13.0. The smallest absolute Gasteiger partial charge is 0.271 e. The Morgan fingerprint density at radius 2 is 1.59 bits per heavy atom. The van der Waals surface area contributed by atoms with Crippen LogP contribution in [-0.4, -0.2) is 10.8 Å². The minimum absolute atomic E-state index is 0.101. The maximum absolute atomic E-state index is 12.9. The van der Waals surface area contributed by atoms with Gasteiger partial charge in [-0.3, -0.25) is 14.9 Å². The van der Waals surface area contributed by atoms with Crippen LogP contribution in [0.3, 0.4) is 0 Å². The molecule has 0 bridgehead atoms. The number of rotatable bonds is 6. The fraction of sp³-hybridized carbons (Fsp3) is 0.0500. The average molecular weight is 382 g/mol. The molecule has 0 aliphatic carbocycles. The van der Waals surface area contributed by atoms with E-state index in [1.165, 1.54) is 18.2 Å². The van der Waals surface area contributed by atoms with Crippen LogP contribution in [0.25, 0.3) is 0 Å². The first kappa shape index (κ1) is 18.4. The van der Waals surface area contributed by atoms with E-state index in [9.17, 15) is 14.9 Å². The zero-order valence-electron chi connectivity index (χ0n) is 14.1. The number of nitro groups is 1. The van der Waals surface area contributed by atoms with E-state index in [2.05, 4.69) is 10.6 Å². The second kappa shape index (κ2) is 8.33. The molecule has 3 aromatic rings. The minimum atomic E-state index is -0.667. The van der Waals surface area contributed by atoms with Crippen molar-refractivity contribution in [2.75, 3.05) is 10.6 Å². The third-order valence-electron chi connectivity index (χ3n) is 3.90. The van der Waals surface area contributed by atoms with Crippen molar-refractivity contribution in [1.82, 2.24) is 0 Å². The number of carbonyl (C=O) groups is 1. The zero-order chi connectivity index (χ0) is 19.2. The molecular weight excluding hydrogens is 366 g/mol.